The van der Waals surface area contributed by atoms with Gasteiger partial charge in [-0.3, -0.25) is 13.9 Å². The summed E-state index contributed by atoms with van der Waals surface area (Å²) >= 11 is 0. The number of nitrogens with one attached hydrogen (secondary N) is 1. The molecule has 1 fully saturated rings. The van der Waals surface area contributed by atoms with E-state index in [1.807, 2.05) is 0 Å². The van der Waals surface area contributed by atoms with E-state index in [4.69, 9.17) is 0 Å². The lowest BCUT2D eigenvalue weighted by atomic mass is 10.1. The van der Waals surface area contributed by atoms with Crippen LogP contribution >= 0.6 is 0 Å². The van der Waals surface area contributed by atoms with Gasteiger partial charge in [0.05, 0.1) is 11.9 Å². The van der Waals surface area contributed by atoms with Gasteiger partial charge in [-0.2, -0.15) is 0 Å². The van der Waals surface area contributed by atoms with Gasteiger partial charge in [0.2, 0.25) is 15.9 Å². The molecule has 0 saturated heterocycles. The quantitative estimate of drug-likeness (QED) is 0.762. The number of hydrogen-bond acceptors (Lipinski definition) is 4. The molecule has 7 heteroatoms. The number of hydrogen-bond donors (Lipinski definition) is 1. The molecular weight excluding hydrogens is 328 g/mol. The Kier molecular flexibility index (Phi) is 5.99. The number of amides is 1. The van der Waals surface area contributed by atoms with Crippen molar-refractivity contribution in [3.63, 3.8) is 0 Å². The third kappa shape index (κ3) is 5.06. The van der Waals surface area contributed by atoms with Gasteiger partial charge in [0.25, 0.3) is 0 Å². The van der Waals surface area contributed by atoms with Gasteiger partial charge in [-0.15, -0.1) is 0 Å². The van der Waals surface area contributed by atoms with Crippen LogP contribution in [0, 0.1) is 0 Å². The highest BCUT2D eigenvalue weighted by Gasteiger charge is 2.21. The molecule has 1 amide bonds. The molecule has 132 valence electrons. The molecule has 1 aliphatic carbocycles. The molecule has 2 rings (SSSR count). The first-order valence-electron chi connectivity index (χ1n) is 8.15. The van der Waals surface area contributed by atoms with Crippen LogP contribution in [0.2, 0.25) is 0 Å². The number of anilines is 1. The zero-order valence-electron chi connectivity index (χ0n) is 14.1. The van der Waals surface area contributed by atoms with E-state index in [0.29, 0.717) is 11.3 Å². The summed E-state index contributed by atoms with van der Waals surface area (Å²) in [5.74, 6) is -0.275. The summed E-state index contributed by atoms with van der Waals surface area (Å²) < 4.78 is 25.3. The molecule has 1 aliphatic rings. The monoisotopic (exact) mass is 352 g/mol. The normalized spacial score (nSPS) is 15.2. The predicted octanol–water partition coefficient (Wildman–Crippen LogP) is 2.10. The summed E-state index contributed by atoms with van der Waals surface area (Å²) in [4.78, 5) is 23.5. The number of nitrogens with zero attached hydrogens (tertiary/aromatic N) is 1. The van der Waals surface area contributed by atoms with E-state index in [2.05, 4.69) is 5.32 Å². The number of sulfonamides is 1. The highest BCUT2D eigenvalue weighted by Crippen LogP contribution is 2.21. The number of ketones is 1. The molecule has 1 N–H and O–H groups in total. The number of carbonyl (C=O) groups excluding carboxylic acids is 2. The van der Waals surface area contributed by atoms with Crippen LogP contribution in [0.4, 0.5) is 5.69 Å². The summed E-state index contributed by atoms with van der Waals surface area (Å²) in [5.41, 5.74) is 0.843. The Balaban J connectivity index is 2.07. The first-order valence-corrected chi connectivity index (χ1v) is 10.0. The summed E-state index contributed by atoms with van der Waals surface area (Å²) in [7, 11) is -3.54. The molecule has 0 spiro atoms. The van der Waals surface area contributed by atoms with Crippen molar-refractivity contribution < 1.29 is 18.0 Å². The Labute approximate surface area is 143 Å². The molecule has 1 aromatic rings. The van der Waals surface area contributed by atoms with Gasteiger partial charge in [0, 0.05) is 24.6 Å². The van der Waals surface area contributed by atoms with Crippen LogP contribution in [0.1, 0.15) is 49.4 Å². The predicted molar refractivity (Wildman–Crippen MR) is 93.7 cm³/mol. The summed E-state index contributed by atoms with van der Waals surface area (Å²) in [6.45, 7) is 1.48. The summed E-state index contributed by atoms with van der Waals surface area (Å²) in [6.07, 6.45) is 5.41. The van der Waals surface area contributed by atoms with Crippen molar-refractivity contribution in [3.8, 4) is 0 Å². The second-order valence-electron chi connectivity index (χ2n) is 6.24. The highest BCUT2D eigenvalue weighted by atomic mass is 32.2. The van der Waals surface area contributed by atoms with Crippen LogP contribution < -0.4 is 9.62 Å². The molecule has 0 aromatic heterocycles. The van der Waals surface area contributed by atoms with Gasteiger partial charge < -0.3 is 5.32 Å². The first kappa shape index (κ1) is 18.4. The van der Waals surface area contributed by atoms with Crippen molar-refractivity contribution in [2.75, 3.05) is 17.1 Å². The number of benzene rings is 1. The van der Waals surface area contributed by atoms with Crippen molar-refractivity contribution in [3.05, 3.63) is 29.8 Å². The van der Waals surface area contributed by atoms with Crippen molar-refractivity contribution >= 4 is 27.4 Å². The second kappa shape index (κ2) is 7.79. The Morgan fingerprint density at radius 2 is 1.92 bits per heavy atom. The Morgan fingerprint density at radius 1 is 1.25 bits per heavy atom. The molecule has 1 saturated carbocycles. The Bertz CT molecular complexity index is 709. The third-order valence-electron chi connectivity index (χ3n) is 4.20. The van der Waals surface area contributed by atoms with Gasteiger partial charge in [-0.05, 0) is 31.9 Å². The molecule has 0 bridgehead atoms. The van der Waals surface area contributed by atoms with Gasteiger partial charge in [0.15, 0.2) is 5.78 Å². The minimum atomic E-state index is -3.54. The lowest BCUT2D eigenvalue weighted by Crippen LogP contribution is -2.37. The van der Waals surface area contributed by atoms with Crippen molar-refractivity contribution in [1.29, 1.82) is 0 Å². The second-order valence-corrected chi connectivity index (χ2v) is 8.15. The van der Waals surface area contributed by atoms with Gasteiger partial charge in [-0.1, -0.05) is 25.0 Å². The minimum absolute atomic E-state index is 0.0543. The van der Waals surface area contributed by atoms with Crippen LogP contribution in [0.3, 0.4) is 0 Å². The molecule has 24 heavy (non-hydrogen) atoms. The fourth-order valence-electron chi connectivity index (χ4n) is 2.94. The zero-order chi connectivity index (χ0) is 17.7. The summed E-state index contributed by atoms with van der Waals surface area (Å²) in [5, 5.41) is 2.95. The van der Waals surface area contributed by atoms with E-state index in [-0.39, 0.29) is 30.7 Å². The number of rotatable bonds is 7. The van der Waals surface area contributed by atoms with E-state index >= 15 is 0 Å². The standard InChI is InChI=1S/C17H24N2O4S/c1-13(20)14-6-5-9-16(12-14)19(24(2,22)23)11-10-17(21)18-15-7-3-4-8-15/h5-6,9,12,15H,3-4,7-8,10-11H2,1-2H3,(H,18,21). The molecular formula is C17H24N2O4S. The first-order chi connectivity index (χ1) is 11.3. The van der Waals surface area contributed by atoms with E-state index in [0.717, 1.165) is 31.9 Å². The van der Waals surface area contributed by atoms with Gasteiger partial charge in [0.1, 0.15) is 0 Å². The van der Waals surface area contributed by atoms with E-state index in [9.17, 15) is 18.0 Å². The van der Waals surface area contributed by atoms with Crippen molar-refractivity contribution in [2.24, 2.45) is 0 Å². The molecule has 0 unspecified atom stereocenters. The smallest absolute Gasteiger partial charge is 0.232 e. The van der Waals surface area contributed by atoms with Crippen LogP contribution in [0.15, 0.2) is 24.3 Å². The maximum absolute atomic E-state index is 12.1. The minimum Gasteiger partial charge on any atom is -0.353 e. The molecule has 0 radical (unpaired) electrons. The largest absolute Gasteiger partial charge is 0.353 e. The lowest BCUT2D eigenvalue weighted by Gasteiger charge is -2.23. The average Bonchev–Trinajstić information content (AvgIpc) is 2.99. The fraction of sp³-hybridized carbons (Fsp3) is 0.529. The molecule has 0 aliphatic heterocycles. The average molecular weight is 352 g/mol. The van der Waals surface area contributed by atoms with E-state index in [1.165, 1.54) is 17.3 Å². The van der Waals surface area contributed by atoms with Crippen molar-refractivity contribution in [2.45, 2.75) is 45.1 Å². The van der Waals surface area contributed by atoms with Gasteiger partial charge in [-0.25, -0.2) is 8.42 Å². The van der Waals surface area contributed by atoms with E-state index in [1.54, 1.807) is 18.2 Å². The van der Waals surface area contributed by atoms with Crippen LogP contribution in [-0.2, 0) is 14.8 Å². The van der Waals surface area contributed by atoms with Crippen LogP contribution in [0.5, 0.6) is 0 Å². The molecule has 1 aromatic carbocycles. The number of Topliss-reactive ketones (excluding diaryl/α,β-unsaturated/α-hetero) is 1. The Morgan fingerprint density at radius 3 is 2.50 bits per heavy atom. The molecule has 0 heterocycles. The van der Waals surface area contributed by atoms with E-state index < -0.39 is 10.0 Å². The zero-order valence-corrected chi connectivity index (χ0v) is 14.9. The van der Waals surface area contributed by atoms with Crippen LogP contribution in [0.25, 0.3) is 0 Å². The maximum Gasteiger partial charge on any atom is 0.232 e. The highest BCUT2D eigenvalue weighted by molar-refractivity contribution is 7.92. The lowest BCUT2D eigenvalue weighted by molar-refractivity contribution is -0.121. The Hall–Kier alpha value is -1.89. The SMILES string of the molecule is CC(=O)c1cccc(N(CCC(=O)NC2CCCC2)S(C)(=O)=O)c1. The van der Waals surface area contributed by atoms with Crippen LogP contribution in [-0.4, -0.2) is 39.0 Å². The topological polar surface area (TPSA) is 83.6 Å². The fourth-order valence-corrected chi connectivity index (χ4v) is 3.86. The number of carbonyl (C=O) groups is 2. The van der Waals surface area contributed by atoms with Gasteiger partial charge >= 0.3 is 0 Å². The van der Waals surface area contributed by atoms with Crippen molar-refractivity contribution in [1.82, 2.24) is 5.32 Å². The molecule has 6 nitrogen and oxygen atoms in total. The maximum atomic E-state index is 12.1. The molecule has 0 atom stereocenters. The third-order valence-corrected chi connectivity index (χ3v) is 5.40. The summed E-state index contributed by atoms with van der Waals surface area (Å²) in [6, 6.07) is 6.66.